The summed E-state index contributed by atoms with van der Waals surface area (Å²) >= 11 is 8.52. The molecular weight excluding hydrogens is 471 g/mol. The summed E-state index contributed by atoms with van der Waals surface area (Å²) in [4.78, 5) is 28.9. The Bertz CT molecular complexity index is 1280. The van der Waals surface area contributed by atoms with Crippen LogP contribution in [0.3, 0.4) is 0 Å². The number of hydrogen-bond acceptors (Lipinski definition) is 5. The van der Waals surface area contributed by atoms with Crippen molar-refractivity contribution in [1.82, 2.24) is 4.98 Å². The molecule has 4 aromatic rings. The SMILES string of the molecule is O=C(CSc1nc2ccc(NC(=O)Nc3ccc(F)c(Cl)c3)cc2s1)Nc1ccccc1. The average molecular weight is 487 g/mol. The van der Waals surface area contributed by atoms with E-state index in [9.17, 15) is 14.0 Å². The molecule has 3 aromatic carbocycles. The largest absolute Gasteiger partial charge is 0.325 e. The maximum atomic E-state index is 13.2. The Balaban J connectivity index is 1.35. The van der Waals surface area contributed by atoms with E-state index < -0.39 is 11.8 Å². The summed E-state index contributed by atoms with van der Waals surface area (Å²) in [5.74, 6) is -0.428. The van der Waals surface area contributed by atoms with Gasteiger partial charge in [0, 0.05) is 17.1 Å². The molecule has 0 aliphatic heterocycles. The molecule has 0 aliphatic carbocycles. The van der Waals surface area contributed by atoms with Crippen LogP contribution in [0.4, 0.5) is 26.2 Å². The van der Waals surface area contributed by atoms with E-state index in [1.165, 1.54) is 41.3 Å². The molecule has 0 unspecified atom stereocenters. The van der Waals surface area contributed by atoms with E-state index in [-0.39, 0.29) is 16.7 Å². The maximum absolute atomic E-state index is 13.2. The number of aromatic nitrogens is 1. The fourth-order valence-electron chi connectivity index (χ4n) is 2.76. The van der Waals surface area contributed by atoms with Crippen LogP contribution in [-0.4, -0.2) is 22.7 Å². The van der Waals surface area contributed by atoms with Crippen molar-refractivity contribution in [2.75, 3.05) is 21.7 Å². The molecule has 0 fully saturated rings. The zero-order chi connectivity index (χ0) is 22.5. The lowest BCUT2D eigenvalue weighted by Gasteiger charge is -2.08. The average Bonchev–Trinajstić information content (AvgIpc) is 3.18. The van der Waals surface area contributed by atoms with Crippen molar-refractivity contribution >= 4 is 73.9 Å². The lowest BCUT2D eigenvalue weighted by Crippen LogP contribution is -2.19. The number of carbonyl (C=O) groups is 2. The molecule has 0 atom stereocenters. The first-order valence-electron chi connectivity index (χ1n) is 9.37. The number of thioether (sulfide) groups is 1. The number of rotatable bonds is 6. The third-order valence-electron chi connectivity index (χ3n) is 4.19. The number of benzene rings is 3. The number of para-hydroxylation sites is 1. The highest BCUT2D eigenvalue weighted by Gasteiger charge is 2.10. The normalized spacial score (nSPS) is 10.7. The Kier molecular flexibility index (Phi) is 6.89. The Hall–Kier alpha value is -3.14. The summed E-state index contributed by atoms with van der Waals surface area (Å²) in [5, 5.41) is 8.09. The number of nitrogens with zero attached hydrogens (tertiary/aromatic N) is 1. The van der Waals surface area contributed by atoms with E-state index in [4.69, 9.17) is 11.6 Å². The number of anilines is 3. The van der Waals surface area contributed by atoms with Crippen LogP contribution in [0.2, 0.25) is 5.02 Å². The second kappa shape index (κ2) is 9.99. The zero-order valence-corrected chi connectivity index (χ0v) is 18.8. The number of fused-ring (bicyclic) bond motifs is 1. The highest BCUT2D eigenvalue weighted by molar-refractivity contribution is 8.01. The number of halogens is 2. The molecule has 0 bridgehead atoms. The van der Waals surface area contributed by atoms with E-state index in [1.807, 2.05) is 30.3 Å². The molecule has 6 nitrogen and oxygen atoms in total. The van der Waals surface area contributed by atoms with E-state index in [0.29, 0.717) is 11.4 Å². The topological polar surface area (TPSA) is 83.1 Å². The summed E-state index contributed by atoms with van der Waals surface area (Å²) in [6.45, 7) is 0. The van der Waals surface area contributed by atoms with Crippen molar-refractivity contribution in [2.45, 2.75) is 4.34 Å². The fraction of sp³-hybridized carbons (Fsp3) is 0.0455. The Morgan fingerprint density at radius 3 is 2.41 bits per heavy atom. The summed E-state index contributed by atoms with van der Waals surface area (Å²) in [6.07, 6.45) is 0. The van der Waals surface area contributed by atoms with Crippen LogP contribution in [0.15, 0.2) is 71.1 Å². The van der Waals surface area contributed by atoms with Gasteiger partial charge in [-0.25, -0.2) is 14.2 Å². The molecule has 162 valence electrons. The van der Waals surface area contributed by atoms with Crippen LogP contribution in [-0.2, 0) is 4.79 Å². The van der Waals surface area contributed by atoms with Crippen molar-refractivity contribution < 1.29 is 14.0 Å². The van der Waals surface area contributed by atoms with Crippen LogP contribution in [0.25, 0.3) is 10.2 Å². The van der Waals surface area contributed by atoms with Crippen LogP contribution < -0.4 is 16.0 Å². The molecule has 3 amide bonds. The second-order valence-corrected chi connectivity index (χ2v) is 9.23. The number of nitrogens with one attached hydrogen (secondary N) is 3. The first-order chi connectivity index (χ1) is 15.5. The second-order valence-electron chi connectivity index (χ2n) is 6.57. The quantitative estimate of drug-likeness (QED) is 0.273. The van der Waals surface area contributed by atoms with Gasteiger partial charge in [-0.2, -0.15) is 0 Å². The molecule has 0 saturated carbocycles. The molecule has 1 aromatic heterocycles. The molecule has 3 N–H and O–H groups in total. The minimum Gasteiger partial charge on any atom is -0.325 e. The number of thiazole rings is 1. The number of urea groups is 1. The molecule has 0 radical (unpaired) electrons. The molecule has 4 rings (SSSR count). The third kappa shape index (κ3) is 5.76. The van der Waals surface area contributed by atoms with Gasteiger partial charge in [-0.15, -0.1) is 11.3 Å². The minimum atomic E-state index is -0.556. The molecule has 0 saturated heterocycles. The lowest BCUT2D eigenvalue weighted by molar-refractivity contribution is -0.113. The van der Waals surface area contributed by atoms with Crippen LogP contribution in [0.1, 0.15) is 0 Å². The highest BCUT2D eigenvalue weighted by Crippen LogP contribution is 2.31. The first-order valence-corrected chi connectivity index (χ1v) is 11.6. The molecule has 1 heterocycles. The standard InChI is InChI=1S/C22H16ClFN4O2S2/c23-16-10-14(6-8-17(16)24)26-21(30)27-15-7-9-18-19(11-15)32-22(28-18)31-12-20(29)25-13-4-2-1-3-5-13/h1-11H,12H2,(H,25,29)(H2,26,27,30). The summed E-state index contributed by atoms with van der Waals surface area (Å²) < 4.78 is 14.9. The minimum absolute atomic E-state index is 0.0728. The van der Waals surface area contributed by atoms with Gasteiger partial charge in [0.05, 0.1) is 21.0 Å². The van der Waals surface area contributed by atoms with Gasteiger partial charge >= 0.3 is 6.03 Å². The van der Waals surface area contributed by atoms with Gasteiger partial charge in [0.1, 0.15) is 5.82 Å². The Labute approximate surface area is 196 Å². The van der Waals surface area contributed by atoms with E-state index in [1.54, 1.807) is 18.2 Å². The van der Waals surface area contributed by atoms with Gasteiger partial charge in [-0.1, -0.05) is 41.6 Å². The van der Waals surface area contributed by atoms with Crippen LogP contribution >= 0.6 is 34.7 Å². The Morgan fingerprint density at radius 1 is 0.938 bits per heavy atom. The number of carbonyl (C=O) groups excluding carboxylic acids is 2. The molecule has 32 heavy (non-hydrogen) atoms. The van der Waals surface area contributed by atoms with E-state index in [2.05, 4.69) is 20.9 Å². The Morgan fingerprint density at radius 2 is 1.66 bits per heavy atom. The van der Waals surface area contributed by atoms with Crippen molar-refractivity contribution in [3.05, 3.63) is 77.6 Å². The van der Waals surface area contributed by atoms with Crippen LogP contribution in [0, 0.1) is 5.82 Å². The molecule has 10 heteroatoms. The summed E-state index contributed by atoms with van der Waals surface area (Å²) in [7, 11) is 0. The lowest BCUT2D eigenvalue weighted by atomic mass is 10.3. The predicted octanol–water partition coefficient (Wildman–Crippen LogP) is 6.46. The van der Waals surface area contributed by atoms with Gasteiger partial charge in [0.15, 0.2) is 4.34 Å². The van der Waals surface area contributed by atoms with Crippen molar-refractivity contribution in [3.63, 3.8) is 0 Å². The monoisotopic (exact) mass is 486 g/mol. The highest BCUT2D eigenvalue weighted by atomic mass is 35.5. The van der Waals surface area contributed by atoms with Gasteiger partial charge in [-0.3, -0.25) is 4.79 Å². The third-order valence-corrected chi connectivity index (χ3v) is 6.64. The first kappa shape index (κ1) is 22.1. The van der Waals surface area contributed by atoms with Crippen molar-refractivity contribution in [2.24, 2.45) is 0 Å². The maximum Gasteiger partial charge on any atom is 0.323 e. The molecule has 0 aliphatic rings. The van der Waals surface area contributed by atoms with Crippen LogP contribution in [0.5, 0.6) is 0 Å². The van der Waals surface area contributed by atoms with Gasteiger partial charge in [0.2, 0.25) is 5.91 Å². The van der Waals surface area contributed by atoms with Gasteiger partial charge < -0.3 is 16.0 Å². The van der Waals surface area contributed by atoms with E-state index in [0.717, 1.165) is 20.2 Å². The van der Waals surface area contributed by atoms with Crippen molar-refractivity contribution in [3.8, 4) is 0 Å². The zero-order valence-electron chi connectivity index (χ0n) is 16.4. The molecule has 0 spiro atoms. The number of amides is 3. The van der Waals surface area contributed by atoms with E-state index >= 15 is 0 Å². The van der Waals surface area contributed by atoms with Crippen molar-refractivity contribution in [1.29, 1.82) is 0 Å². The fourth-order valence-corrected chi connectivity index (χ4v) is 4.84. The predicted molar refractivity (Wildman–Crippen MR) is 129 cm³/mol. The summed E-state index contributed by atoms with van der Waals surface area (Å²) in [5.41, 5.74) is 2.47. The number of hydrogen-bond donors (Lipinski definition) is 3. The van der Waals surface area contributed by atoms with Gasteiger partial charge in [0.25, 0.3) is 0 Å². The smallest absolute Gasteiger partial charge is 0.323 e. The summed E-state index contributed by atoms with van der Waals surface area (Å²) in [6, 6.07) is 18.0. The van der Waals surface area contributed by atoms with Gasteiger partial charge in [-0.05, 0) is 48.5 Å². The molecular formula is C22H16ClFN4O2S2.